The van der Waals surface area contributed by atoms with Crippen LogP contribution >= 0.6 is 0 Å². The third-order valence-corrected chi connectivity index (χ3v) is 15.2. The summed E-state index contributed by atoms with van der Waals surface area (Å²) in [6.45, 7) is 6.51. The zero-order valence-corrected chi connectivity index (χ0v) is 54.7. The van der Waals surface area contributed by atoms with Crippen molar-refractivity contribution in [3.8, 4) is 0 Å². The lowest BCUT2D eigenvalue weighted by molar-refractivity contribution is -0.167. The van der Waals surface area contributed by atoms with E-state index < -0.39 is 6.10 Å². The van der Waals surface area contributed by atoms with Crippen LogP contribution in [0.5, 0.6) is 0 Å². The maximum atomic E-state index is 13.0. The van der Waals surface area contributed by atoms with Crippen molar-refractivity contribution in [2.24, 2.45) is 0 Å². The van der Waals surface area contributed by atoms with E-state index in [1.165, 1.54) is 180 Å². The molecule has 0 saturated carbocycles. The number of allylic oxidation sites excluding steroid dienone is 18. The highest BCUT2D eigenvalue weighted by Crippen LogP contribution is 2.17. The molecule has 1 atom stereocenters. The molecular formula is C77H132O6. The van der Waals surface area contributed by atoms with Crippen molar-refractivity contribution in [1.29, 1.82) is 0 Å². The van der Waals surface area contributed by atoms with Crippen LogP contribution in [0.2, 0.25) is 0 Å². The normalized spacial score (nSPS) is 12.8. The lowest BCUT2D eigenvalue weighted by atomic mass is 10.0. The Balaban J connectivity index is 4.32. The van der Waals surface area contributed by atoms with Gasteiger partial charge < -0.3 is 14.2 Å². The summed E-state index contributed by atoms with van der Waals surface area (Å²) >= 11 is 0. The molecule has 476 valence electrons. The Bertz CT molecular complexity index is 1660. The molecule has 0 amide bonds. The molecule has 0 fully saturated rings. The maximum Gasteiger partial charge on any atom is 0.306 e. The molecule has 0 saturated heterocycles. The largest absolute Gasteiger partial charge is 0.462 e. The monoisotopic (exact) mass is 1150 g/mol. The molecule has 0 aromatic rings. The smallest absolute Gasteiger partial charge is 0.306 e. The molecule has 0 radical (unpaired) electrons. The fourth-order valence-corrected chi connectivity index (χ4v) is 9.94. The summed E-state index contributed by atoms with van der Waals surface area (Å²) in [7, 11) is 0. The van der Waals surface area contributed by atoms with Crippen molar-refractivity contribution in [1.82, 2.24) is 0 Å². The molecule has 0 bridgehead atoms. The molecule has 0 rings (SSSR count). The van der Waals surface area contributed by atoms with Crippen LogP contribution in [-0.2, 0) is 28.6 Å². The zero-order valence-electron chi connectivity index (χ0n) is 54.7. The summed E-state index contributed by atoms with van der Waals surface area (Å²) in [5.74, 6) is -0.898. The summed E-state index contributed by atoms with van der Waals surface area (Å²) in [4.78, 5) is 38.4. The molecule has 0 aliphatic carbocycles. The average molecular weight is 1150 g/mol. The standard InChI is InChI=1S/C77H132O6/c1-4-7-10-13-16-19-22-25-27-29-31-33-35-37-38-40-41-43-45-47-49-52-55-58-61-64-67-70-76(79)82-73-74(72-81-75(78)69-66-63-60-57-54-51-24-21-18-15-12-9-6-3)83-77(80)71-68-65-62-59-56-53-50-48-46-44-42-39-36-34-32-30-28-26-23-20-17-14-11-8-5-2/h8,11,17,20-22,24-26,28-29,31-32,34,39,42,46,48,74H,4-7,9-10,12-16,18-19,23,27,30,33,35-38,40-41,43-45,47,49-73H2,1-3H3/b11-8-,20-17-,24-21-,25-22-,28-26-,31-29-,34-32-,42-39-,48-46-. The van der Waals surface area contributed by atoms with E-state index in [-0.39, 0.29) is 31.1 Å². The van der Waals surface area contributed by atoms with Gasteiger partial charge in [-0.2, -0.15) is 0 Å². The molecule has 0 aliphatic rings. The fraction of sp³-hybridized carbons (Fsp3) is 0.727. The Labute approximate surface area is 514 Å². The van der Waals surface area contributed by atoms with Crippen LogP contribution in [0.15, 0.2) is 109 Å². The van der Waals surface area contributed by atoms with E-state index in [2.05, 4.69) is 130 Å². The van der Waals surface area contributed by atoms with E-state index in [1.54, 1.807) is 0 Å². The number of hydrogen-bond donors (Lipinski definition) is 0. The highest BCUT2D eigenvalue weighted by atomic mass is 16.6. The maximum absolute atomic E-state index is 13.0. The van der Waals surface area contributed by atoms with Crippen LogP contribution < -0.4 is 0 Å². The van der Waals surface area contributed by atoms with Gasteiger partial charge in [-0.05, 0) is 128 Å². The summed E-state index contributed by atoms with van der Waals surface area (Å²) in [6.07, 6.45) is 96.8. The van der Waals surface area contributed by atoms with Gasteiger partial charge in [0, 0.05) is 19.3 Å². The Morgan fingerprint density at radius 1 is 0.253 bits per heavy atom. The molecular weight excluding hydrogens is 1020 g/mol. The summed E-state index contributed by atoms with van der Waals surface area (Å²) in [6, 6.07) is 0. The molecule has 1 unspecified atom stereocenters. The third kappa shape index (κ3) is 68.7. The number of carbonyl (C=O) groups excluding carboxylic acids is 3. The minimum absolute atomic E-state index is 0.0859. The first kappa shape index (κ1) is 79.1. The van der Waals surface area contributed by atoms with Crippen LogP contribution in [0.1, 0.15) is 342 Å². The fourth-order valence-electron chi connectivity index (χ4n) is 9.94. The van der Waals surface area contributed by atoms with Crippen LogP contribution in [0, 0.1) is 0 Å². The highest BCUT2D eigenvalue weighted by Gasteiger charge is 2.19. The Morgan fingerprint density at radius 3 is 0.759 bits per heavy atom. The van der Waals surface area contributed by atoms with Crippen molar-refractivity contribution in [3.63, 3.8) is 0 Å². The molecule has 0 spiro atoms. The van der Waals surface area contributed by atoms with Crippen molar-refractivity contribution in [2.45, 2.75) is 348 Å². The van der Waals surface area contributed by atoms with E-state index >= 15 is 0 Å². The second-order valence-corrected chi connectivity index (χ2v) is 23.4. The van der Waals surface area contributed by atoms with Gasteiger partial charge in [-0.1, -0.05) is 304 Å². The molecule has 6 nitrogen and oxygen atoms in total. The third-order valence-electron chi connectivity index (χ3n) is 15.2. The Morgan fingerprint density at radius 2 is 0.470 bits per heavy atom. The molecule has 83 heavy (non-hydrogen) atoms. The number of esters is 3. The molecule has 0 aliphatic heterocycles. The first-order valence-corrected chi connectivity index (χ1v) is 35.4. The number of carbonyl (C=O) groups is 3. The number of hydrogen-bond acceptors (Lipinski definition) is 6. The second kappa shape index (κ2) is 70.6. The van der Waals surface area contributed by atoms with E-state index in [9.17, 15) is 14.4 Å². The summed E-state index contributed by atoms with van der Waals surface area (Å²) in [5.41, 5.74) is 0. The van der Waals surface area contributed by atoms with Crippen molar-refractivity contribution < 1.29 is 28.6 Å². The predicted octanol–water partition coefficient (Wildman–Crippen LogP) is 24.6. The van der Waals surface area contributed by atoms with Gasteiger partial charge in [-0.25, -0.2) is 0 Å². The van der Waals surface area contributed by atoms with E-state index in [4.69, 9.17) is 14.2 Å². The number of rotatable bonds is 64. The van der Waals surface area contributed by atoms with E-state index in [1.807, 2.05) is 0 Å². The highest BCUT2D eigenvalue weighted by molar-refractivity contribution is 5.71. The molecule has 0 N–H and O–H groups in total. The topological polar surface area (TPSA) is 78.9 Å². The van der Waals surface area contributed by atoms with Crippen LogP contribution in [0.25, 0.3) is 0 Å². The van der Waals surface area contributed by atoms with Crippen LogP contribution in [0.4, 0.5) is 0 Å². The van der Waals surface area contributed by atoms with Crippen LogP contribution in [-0.4, -0.2) is 37.2 Å². The van der Waals surface area contributed by atoms with Crippen molar-refractivity contribution in [3.05, 3.63) is 109 Å². The van der Waals surface area contributed by atoms with Gasteiger partial charge in [-0.15, -0.1) is 0 Å². The predicted molar refractivity (Wildman–Crippen MR) is 362 cm³/mol. The first-order valence-electron chi connectivity index (χ1n) is 35.4. The van der Waals surface area contributed by atoms with Crippen molar-refractivity contribution in [2.75, 3.05) is 13.2 Å². The molecule has 6 heteroatoms. The van der Waals surface area contributed by atoms with Gasteiger partial charge in [0.05, 0.1) is 0 Å². The second-order valence-electron chi connectivity index (χ2n) is 23.4. The van der Waals surface area contributed by atoms with Crippen molar-refractivity contribution >= 4 is 17.9 Å². The summed E-state index contributed by atoms with van der Waals surface area (Å²) < 4.78 is 17.0. The SMILES string of the molecule is CC/C=C\C/C=C\C/C=C\C/C=C\C/C=C\C/C=C\CCCCCCCCC(=O)OC(COC(=O)CCCCCCC/C=C\CCCCCC)COC(=O)CCCCCCCCCCCCCCCCC/C=C\C/C=C\CCCCCCC. The van der Waals surface area contributed by atoms with Gasteiger partial charge in [0.1, 0.15) is 13.2 Å². The average Bonchev–Trinajstić information content (AvgIpc) is 3.49. The van der Waals surface area contributed by atoms with Gasteiger partial charge in [0.2, 0.25) is 0 Å². The summed E-state index contributed by atoms with van der Waals surface area (Å²) in [5, 5.41) is 0. The lowest BCUT2D eigenvalue weighted by Crippen LogP contribution is -2.30. The quantitative estimate of drug-likeness (QED) is 0.0261. The van der Waals surface area contributed by atoms with Gasteiger partial charge >= 0.3 is 17.9 Å². The van der Waals surface area contributed by atoms with E-state index in [0.29, 0.717) is 19.3 Å². The van der Waals surface area contributed by atoms with Gasteiger partial charge in [0.25, 0.3) is 0 Å². The molecule has 0 aromatic heterocycles. The molecule has 0 aromatic carbocycles. The number of ether oxygens (including phenoxy) is 3. The van der Waals surface area contributed by atoms with Gasteiger partial charge in [0.15, 0.2) is 6.10 Å². The number of unbranched alkanes of at least 4 members (excludes halogenated alkanes) is 35. The van der Waals surface area contributed by atoms with Gasteiger partial charge in [-0.3, -0.25) is 14.4 Å². The Hall–Kier alpha value is -3.93. The Kier molecular flexibility index (Phi) is 67.2. The zero-order chi connectivity index (χ0) is 59.9. The first-order chi connectivity index (χ1) is 41.0. The van der Waals surface area contributed by atoms with Crippen LogP contribution in [0.3, 0.4) is 0 Å². The van der Waals surface area contributed by atoms with E-state index in [0.717, 1.165) is 122 Å². The minimum atomic E-state index is -0.792. The molecule has 0 heterocycles. The lowest BCUT2D eigenvalue weighted by Gasteiger charge is -2.18. The minimum Gasteiger partial charge on any atom is -0.462 e.